The number of halogens is 1. The summed E-state index contributed by atoms with van der Waals surface area (Å²) in [5, 5.41) is 0.252. The number of anilines is 1. The molecule has 2 saturated heterocycles. The lowest BCUT2D eigenvalue weighted by Crippen LogP contribution is -2.44. The minimum absolute atomic E-state index is 0.0853. The van der Waals surface area contributed by atoms with Crippen LogP contribution in [-0.4, -0.2) is 53.6 Å². The van der Waals surface area contributed by atoms with Crippen LogP contribution in [0.5, 0.6) is 0 Å². The summed E-state index contributed by atoms with van der Waals surface area (Å²) >= 11 is 6.12. The first-order valence-corrected chi connectivity index (χ1v) is 13.6. The molecule has 0 radical (unpaired) electrons. The van der Waals surface area contributed by atoms with E-state index in [4.69, 9.17) is 11.6 Å². The molecule has 0 amide bonds. The topological polar surface area (TPSA) is 74.8 Å². The van der Waals surface area contributed by atoms with Crippen molar-refractivity contribution in [2.24, 2.45) is 5.41 Å². The molecule has 0 bridgehead atoms. The van der Waals surface area contributed by atoms with E-state index < -0.39 is 19.9 Å². The maximum Gasteiger partial charge on any atom is 0.244 e. The first kappa shape index (κ1) is 21.6. The summed E-state index contributed by atoms with van der Waals surface area (Å²) in [6.45, 7) is 2.70. The monoisotopic (exact) mass is 468 g/mol. The van der Waals surface area contributed by atoms with E-state index in [-0.39, 0.29) is 15.3 Å². The van der Waals surface area contributed by atoms with Gasteiger partial charge >= 0.3 is 0 Å². The van der Waals surface area contributed by atoms with Crippen molar-refractivity contribution in [2.75, 3.05) is 37.3 Å². The molecule has 2 heterocycles. The van der Waals surface area contributed by atoms with Crippen molar-refractivity contribution in [1.29, 1.82) is 0 Å². The van der Waals surface area contributed by atoms with Gasteiger partial charge in [-0.05, 0) is 61.1 Å². The van der Waals surface area contributed by atoms with Gasteiger partial charge in [-0.3, -0.25) is 0 Å². The number of rotatable bonds is 4. The van der Waals surface area contributed by atoms with Crippen LogP contribution in [0.15, 0.2) is 58.3 Å². The molecule has 4 rings (SSSR count). The fourth-order valence-corrected chi connectivity index (χ4v) is 7.03. The predicted octanol–water partition coefficient (Wildman–Crippen LogP) is 3.42. The maximum absolute atomic E-state index is 13.0. The van der Waals surface area contributed by atoms with Crippen molar-refractivity contribution in [2.45, 2.75) is 29.1 Å². The van der Waals surface area contributed by atoms with Gasteiger partial charge in [-0.1, -0.05) is 23.7 Å². The molecule has 0 atom stereocenters. The van der Waals surface area contributed by atoms with Crippen LogP contribution >= 0.6 is 11.6 Å². The van der Waals surface area contributed by atoms with E-state index in [0.29, 0.717) is 18.0 Å². The van der Waals surface area contributed by atoms with Crippen LogP contribution in [0.1, 0.15) is 19.3 Å². The summed E-state index contributed by atoms with van der Waals surface area (Å²) in [6.07, 6.45) is 3.81. The molecule has 0 N–H and O–H groups in total. The SMILES string of the molecule is CS(=O)(=O)c1ccc(N2CCC3(CCN(S(=O)(=O)c4ccccc4Cl)CC3)C2)cc1. The molecule has 6 nitrogen and oxygen atoms in total. The molecular weight excluding hydrogens is 444 g/mol. The van der Waals surface area contributed by atoms with Gasteiger partial charge in [-0.25, -0.2) is 16.8 Å². The first-order valence-electron chi connectivity index (χ1n) is 9.91. The van der Waals surface area contributed by atoms with Gasteiger partial charge in [-0.15, -0.1) is 0 Å². The Morgan fingerprint density at radius 3 is 2.07 bits per heavy atom. The summed E-state index contributed by atoms with van der Waals surface area (Å²) in [7, 11) is -6.80. The van der Waals surface area contributed by atoms with Gasteiger partial charge in [0.25, 0.3) is 0 Å². The van der Waals surface area contributed by atoms with Crippen molar-refractivity contribution in [3.05, 3.63) is 53.6 Å². The lowest BCUT2D eigenvalue weighted by Gasteiger charge is -2.38. The fraction of sp³-hybridized carbons (Fsp3) is 0.429. The molecular formula is C21H25ClN2O4S2. The van der Waals surface area contributed by atoms with Gasteiger partial charge in [0.05, 0.1) is 9.92 Å². The minimum atomic E-state index is -3.59. The average molecular weight is 469 g/mol. The maximum atomic E-state index is 13.0. The van der Waals surface area contributed by atoms with Crippen molar-refractivity contribution >= 4 is 37.1 Å². The Morgan fingerprint density at radius 1 is 0.867 bits per heavy atom. The van der Waals surface area contributed by atoms with Crippen LogP contribution in [0.2, 0.25) is 5.02 Å². The normalized spacial score (nSPS) is 20.0. The summed E-state index contributed by atoms with van der Waals surface area (Å²) in [6, 6.07) is 13.6. The Kier molecular flexibility index (Phi) is 5.63. The minimum Gasteiger partial charge on any atom is -0.371 e. The number of hydrogen-bond acceptors (Lipinski definition) is 5. The molecule has 0 aliphatic carbocycles. The van der Waals surface area contributed by atoms with E-state index in [9.17, 15) is 16.8 Å². The van der Waals surface area contributed by atoms with E-state index in [1.807, 2.05) is 12.1 Å². The average Bonchev–Trinajstić information content (AvgIpc) is 3.11. The van der Waals surface area contributed by atoms with Crippen molar-refractivity contribution in [3.8, 4) is 0 Å². The third kappa shape index (κ3) is 4.10. The van der Waals surface area contributed by atoms with Crippen LogP contribution < -0.4 is 4.90 Å². The summed E-state index contributed by atoms with van der Waals surface area (Å²) in [5.41, 5.74) is 1.09. The van der Waals surface area contributed by atoms with E-state index in [1.54, 1.807) is 40.7 Å². The summed E-state index contributed by atoms with van der Waals surface area (Å²) in [4.78, 5) is 2.75. The van der Waals surface area contributed by atoms with Gasteiger partial charge < -0.3 is 4.90 Å². The Morgan fingerprint density at radius 2 is 1.47 bits per heavy atom. The molecule has 162 valence electrons. The summed E-state index contributed by atoms with van der Waals surface area (Å²) in [5.74, 6) is 0. The standard InChI is InChI=1S/C21H25ClN2O4S2/c1-29(25,26)18-8-6-17(7-9-18)23-13-10-21(16-23)11-14-24(15-12-21)30(27,28)20-5-3-2-4-19(20)22/h2-9H,10-16H2,1H3. The molecule has 2 aliphatic rings. The van der Waals surface area contributed by atoms with Crippen molar-refractivity contribution in [3.63, 3.8) is 0 Å². The quantitative estimate of drug-likeness (QED) is 0.687. The third-order valence-corrected chi connectivity index (χ3v) is 9.83. The van der Waals surface area contributed by atoms with Crippen LogP contribution in [0, 0.1) is 5.41 Å². The molecule has 0 aromatic heterocycles. The molecule has 2 aromatic carbocycles. The lowest BCUT2D eigenvalue weighted by atomic mass is 9.78. The van der Waals surface area contributed by atoms with Crippen molar-refractivity contribution < 1.29 is 16.8 Å². The molecule has 30 heavy (non-hydrogen) atoms. The second-order valence-electron chi connectivity index (χ2n) is 8.27. The van der Waals surface area contributed by atoms with Crippen LogP contribution in [0.25, 0.3) is 0 Å². The van der Waals surface area contributed by atoms with E-state index in [1.165, 1.54) is 6.26 Å². The van der Waals surface area contributed by atoms with Gasteiger partial charge in [0.2, 0.25) is 10.0 Å². The lowest BCUT2D eigenvalue weighted by molar-refractivity contribution is 0.177. The largest absolute Gasteiger partial charge is 0.371 e. The molecule has 1 spiro atoms. The molecule has 2 aliphatic heterocycles. The highest BCUT2D eigenvalue weighted by atomic mass is 35.5. The Balaban J connectivity index is 1.44. The predicted molar refractivity (Wildman–Crippen MR) is 118 cm³/mol. The highest BCUT2D eigenvalue weighted by Crippen LogP contribution is 2.43. The molecule has 0 saturated carbocycles. The van der Waals surface area contributed by atoms with Gasteiger partial charge in [-0.2, -0.15) is 4.31 Å². The van der Waals surface area contributed by atoms with Crippen LogP contribution in [0.3, 0.4) is 0 Å². The number of sulfone groups is 1. The zero-order chi connectivity index (χ0) is 21.6. The smallest absolute Gasteiger partial charge is 0.244 e. The molecule has 2 fully saturated rings. The number of hydrogen-bond donors (Lipinski definition) is 0. The fourth-order valence-electron chi connectivity index (χ4n) is 4.46. The highest BCUT2D eigenvalue weighted by molar-refractivity contribution is 7.90. The number of piperidine rings is 1. The van der Waals surface area contributed by atoms with Crippen molar-refractivity contribution in [1.82, 2.24) is 4.31 Å². The Labute approximate surface area is 183 Å². The van der Waals surface area contributed by atoms with E-state index in [0.717, 1.165) is 38.0 Å². The number of nitrogens with zero attached hydrogens (tertiary/aromatic N) is 2. The van der Waals surface area contributed by atoms with Crippen LogP contribution in [0.4, 0.5) is 5.69 Å². The Bertz CT molecular complexity index is 1140. The van der Waals surface area contributed by atoms with E-state index in [2.05, 4.69) is 4.90 Å². The molecule has 0 unspecified atom stereocenters. The zero-order valence-electron chi connectivity index (χ0n) is 16.8. The molecule has 2 aromatic rings. The third-order valence-electron chi connectivity index (χ3n) is 6.31. The molecule has 9 heteroatoms. The van der Waals surface area contributed by atoms with Crippen LogP contribution in [-0.2, 0) is 19.9 Å². The number of sulfonamides is 1. The second-order valence-corrected chi connectivity index (χ2v) is 12.6. The van der Waals surface area contributed by atoms with Gasteiger partial charge in [0, 0.05) is 38.1 Å². The Hall–Kier alpha value is -1.61. The van der Waals surface area contributed by atoms with Gasteiger partial charge in [0.1, 0.15) is 4.90 Å². The summed E-state index contributed by atoms with van der Waals surface area (Å²) < 4.78 is 50.9. The highest BCUT2D eigenvalue weighted by Gasteiger charge is 2.43. The number of benzene rings is 2. The first-order chi connectivity index (χ1) is 14.1. The second kappa shape index (κ2) is 7.82. The van der Waals surface area contributed by atoms with Gasteiger partial charge in [0.15, 0.2) is 9.84 Å². The zero-order valence-corrected chi connectivity index (χ0v) is 19.2. The van der Waals surface area contributed by atoms with E-state index >= 15 is 0 Å².